The molecule has 40 heavy (non-hydrogen) atoms. The summed E-state index contributed by atoms with van der Waals surface area (Å²) in [7, 11) is 0. The number of pyridine rings is 1. The van der Waals surface area contributed by atoms with Crippen molar-refractivity contribution in [2.45, 2.75) is 32.2 Å². The summed E-state index contributed by atoms with van der Waals surface area (Å²) in [4.78, 5) is 50.0. The number of aliphatic carboxylic acids is 1. The van der Waals surface area contributed by atoms with Crippen LogP contribution in [0.2, 0.25) is 0 Å². The standard InChI is InChI=1S/C31H25N5O4/c1-18-7-9-21-23(15-18)34-31(40)30(29(21)19-5-3-2-4-6-19)25-17-26(36(35-25)27(37)11-12-28(38)39)20-8-10-22-24(16-20)33-14-13-32-22/h2-10,13-16,26H,11-12,17H2,1H3,(H,34,40)(H,38,39). The molecule has 1 atom stereocenters. The molecule has 1 amide bonds. The highest BCUT2D eigenvalue weighted by molar-refractivity contribution is 6.13. The van der Waals surface area contributed by atoms with Crippen LogP contribution in [0.15, 0.2) is 89.0 Å². The lowest BCUT2D eigenvalue weighted by Gasteiger charge is -2.22. The quantitative estimate of drug-likeness (QED) is 0.318. The minimum Gasteiger partial charge on any atom is -0.481 e. The van der Waals surface area contributed by atoms with E-state index >= 15 is 0 Å². The number of aromatic nitrogens is 3. The molecule has 0 bridgehead atoms. The highest BCUT2D eigenvalue weighted by Crippen LogP contribution is 2.37. The number of carboxylic acid groups (broad SMARTS) is 1. The van der Waals surface area contributed by atoms with Crippen molar-refractivity contribution < 1.29 is 14.7 Å². The number of aryl methyl sites for hydroxylation is 1. The maximum absolute atomic E-state index is 13.7. The van der Waals surface area contributed by atoms with Crippen LogP contribution in [-0.4, -0.2) is 42.7 Å². The third kappa shape index (κ3) is 4.62. The van der Waals surface area contributed by atoms with Crippen LogP contribution < -0.4 is 5.56 Å². The van der Waals surface area contributed by atoms with Crippen molar-refractivity contribution >= 4 is 39.5 Å². The van der Waals surface area contributed by atoms with E-state index in [0.29, 0.717) is 27.8 Å². The highest BCUT2D eigenvalue weighted by Gasteiger charge is 2.35. The Morgan fingerprint density at radius 1 is 0.950 bits per heavy atom. The molecule has 1 aliphatic rings. The Morgan fingerprint density at radius 3 is 2.50 bits per heavy atom. The zero-order valence-electron chi connectivity index (χ0n) is 21.7. The number of nitrogens with zero attached hydrogens (tertiary/aromatic N) is 4. The van der Waals surface area contributed by atoms with Gasteiger partial charge in [-0.3, -0.25) is 24.4 Å². The number of hydrazone groups is 1. The van der Waals surface area contributed by atoms with E-state index in [-0.39, 0.29) is 24.8 Å². The van der Waals surface area contributed by atoms with E-state index in [0.717, 1.165) is 27.6 Å². The second-order valence-corrected chi connectivity index (χ2v) is 9.82. The van der Waals surface area contributed by atoms with Crippen molar-refractivity contribution in [3.05, 3.63) is 106 Å². The van der Waals surface area contributed by atoms with E-state index in [1.165, 1.54) is 5.01 Å². The SMILES string of the molecule is Cc1ccc2c(-c3ccccc3)c(C3=NN(C(=O)CCC(=O)O)C(c4ccc5nccnc5c4)C3)c(=O)[nH]c2c1. The minimum atomic E-state index is -1.07. The van der Waals surface area contributed by atoms with Gasteiger partial charge < -0.3 is 10.1 Å². The van der Waals surface area contributed by atoms with Crippen LogP contribution in [-0.2, 0) is 9.59 Å². The molecule has 0 aliphatic carbocycles. The molecule has 3 aromatic carbocycles. The van der Waals surface area contributed by atoms with Crippen LogP contribution >= 0.6 is 0 Å². The first kappa shape index (κ1) is 25.1. The fraction of sp³-hybridized carbons (Fsp3) is 0.161. The number of nitrogens with one attached hydrogen (secondary N) is 1. The van der Waals surface area contributed by atoms with Crippen molar-refractivity contribution in [2.24, 2.45) is 5.10 Å². The summed E-state index contributed by atoms with van der Waals surface area (Å²) in [6.45, 7) is 1.97. The van der Waals surface area contributed by atoms with Crippen molar-refractivity contribution in [3.8, 4) is 11.1 Å². The lowest BCUT2D eigenvalue weighted by Crippen LogP contribution is -2.27. The van der Waals surface area contributed by atoms with Gasteiger partial charge in [-0.25, -0.2) is 5.01 Å². The maximum Gasteiger partial charge on any atom is 0.303 e. The first-order valence-corrected chi connectivity index (χ1v) is 12.9. The first-order chi connectivity index (χ1) is 19.4. The molecule has 0 spiro atoms. The number of carbonyl (C=O) groups is 2. The van der Waals surface area contributed by atoms with Crippen LogP contribution in [0.25, 0.3) is 33.1 Å². The maximum atomic E-state index is 13.7. The first-order valence-electron chi connectivity index (χ1n) is 12.9. The molecule has 6 rings (SSSR count). The van der Waals surface area contributed by atoms with Crippen molar-refractivity contribution in [1.29, 1.82) is 0 Å². The summed E-state index contributed by atoms with van der Waals surface area (Å²) in [5, 5.41) is 16.1. The number of amides is 1. The summed E-state index contributed by atoms with van der Waals surface area (Å²) in [6, 6.07) is 20.6. The van der Waals surface area contributed by atoms with Gasteiger partial charge >= 0.3 is 5.97 Å². The molecule has 0 saturated carbocycles. The van der Waals surface area contributed by atoms with Gasteiger partial charge in [-0.1, -0.05) is 48.5 Å². The Labute approximate surface area is 228 Å². The zero-order chi connectivity index (χ0) is 27.8. The van der Waals surface area contributed by atoms with Crippen LogP contribution in [0.3, 0.4) is 0 Å². The van der Waals surface area contributed by atoms with Gasteiger partial charge in [-0.2, -0.15) is 5.10 Å². The molecule has 0 saturated heterocycles. The molecule has 0 fully saturated rings. The van der Waals surface area contributed by atoms with Crippen LogP contribution in [0.1, 0.15) is 42.0 Å². The van der Waals surface area contributed by atoms with Gasteiger partial charge in [0.15, 0.2) is 0 Å². The monoisotopic (exact) mass is 531 g/mol. The van der Waals surface area contributed by atoms with E-state index in [1.807, 2.05) is 73.7 Å². The molecule has 1 unspecified atom stereocenters. The molecule has 9 nitrogen and oxygen atoms in total. The minimum absolute atomic E-state index is 0.213. The van der Waals surface area contributed by atoms with E-state index in [9.17, 15) is 19.5 Å². The summed E-state index contributed by atoms with van der Waals surface area (Å²) >= 11 is 0. The van der Waals surface area contributed by atoms with Gasteiger partial charge in [0, 0.05) is 41.7 Å². The molecule has 2 N–H and O–H groups in total. The lowest BCUT2D eigenvalue weighted by molar-refractivity contribution is -0.141. The summed E-state index contributed by atoms with van der Waals surface area (Å²) in [6.07, 6.45) is 2.95. The number of rotatable bonds is 6. The number of hydrogen-bond acceptors (Lipinski definition) is 6. The molecule has 198 valence electrons. The Kier molecular flexibility index (Phi) is 6.39. The van der Waals surface area contributed by atoms with Crippen molar-refractivity contribution in [2.75, 3.05) is 0 Å². The number of carbonyl (C=O) groups excluding carboxylic acids is 1. The van der Waals surface area contributed by atoms with E-state index in [2.05, 4.69) is 15.0 Å². The Hall–Kier alpha value is -5.18. The average molecular weight is 532 g/mol. The van der Waals surface area contributed by atoms with Crippen molar-refractivity contribution in [3.63, 3.8) is 0 Å². The highest BCUT2D eigenvalue weighted by atomic mass is 16.4. The topological polar surface area (TPSA) is 129 Å². The second kappa shape index (κ2) is 10.2. The Bertz CT molecular complexity index is 1880. The number of benzene rings is 3. The van der Waals surface area contributed by atoms with E-state index in [1.54, 1.807) is 12.4 Å². The molecule has 1 aliphatic heterocycles. The van der Waals surface area contributed by atoms with Gasteiger partial charge in [0.05, 0.1) is 34.8 Å². The number of hydrogen-bond donors (Lipinski definition) is 2. The van der Waals surface area contributed by atoms with Gasteiger partial charge in [0.2, 0.25) is 5.91 Å². The normalized spacial score (nSPS) is 15.0. The largest absolute Gasteiger partial charge is 0.481 e. The average Bonchev–Trinajstić information content (AvgIpc) is 3.40. The third-order valence-electron chi connectivity index (χ3n) is 7.12. The fourth-order valence-corrected chi connectivity index (χ4v) is 5.26. The van der Waals surface area contributed by atoms with Crippen LogP contribution in [0.4, 0.5) is 0 Å². The summed E-state index contributed by atoms with van der Waals surface area (Å²) in [5.74, 6) is -1.50. The molecule has 9 heteroatoms. The van der Waals surface area contributed by atoms with Gasteiger partial charge in [0.25, 0.3) is 5.56 Å². The number of carboxylic acids is 1. The van der Waals surface area contributed by atoms with Crippen LogP contribution in [0, 0.1) is 6.92 Å². The lowest BCUT2D eigenvalue weighted by atomic mass is 9.90. The molecule has 0 radical (unpaired) electrons. The predicted octanol–water partition coefficient (Wildman–Crippen LogP) is 4.99. The van der Waals surface area contributed by atoms with E-state index < -0.39 is 17.9 Å². The van der Waals surface area contributed by atoms with Crippen molar-refractivity contribution in [1.82, 2.24) is 20.0 Å². The molecule has 5 aromatic rings. The number of aromatic amines is 1. The van der Waals surface area contributed by atoms with E-state index in [4.69, 9.17) is 5.10 Å². The second-order valence-electron chi connectivity index (χ2n) is 9.82. The third-order valence-corrected chi connectivity index (χ3v) is 7.12. The summed E-state index contributed by atoms with van der Waals surface area (Å²) < 4.78 is 0. The molecular formula is C31H25N5O4. The number of fused-ring (bicyclic) bond motifs is 2. The van der Waals surface area contributed by atoms with Gasteiger partial charge in [0.1, 0.15) is 0 Å². The Balaban J connectivity index is 1.52. The predicted molar refractivity (Wildman–Crippen MR) is 152 cm³/mol. The summed E-state index contributed by atoms with van der Waals surface area (Å²) in [5.41, 5.74) is 6.00. The molecular weight excluding hydrogens is 506 g/mol. The molecule has 3 heterocycles. The Morgan fingerprint density at radius 2 is 1.73 bits per heavy atom. The number of H-pyrrole nitrogens is 1. The van der Waals surface area contributed by atoms with Crippen LogP contribution in [0.5, 0.6) is 0 Å². The smallest absolute Gasteiger partial charge is 0.303 e. The fourth-order valence-electron chi connectivity index (χ4n) is 5.26. The molecule has 2 aromatic heterocycles. The zero-order valence-corrected chi connectivity index (χ0v) is 21.7. The van der Waals surface area contributed by atoms with Gasteiger partial charge in [-0.15, -0.1) is 0 Å². The van der Waals surface area contributed by atoms with Gasteiger partial charge in [-0.05, 0) is 41.8 Å².